The standard InChI is InChI=1S/C24H20BrCl2N3O5/c1-33-16-8-6-15(7-9-16)29-23(31)24(32)30-28-12-14-10-18(25)22(21(11-14)34-2)35-13-17-19(26)4-3-5-20(17)27/h3-12H,13H2,1-2H3,(H,29,31)(H,30,32)/b28-12+. The molecule has 2 amide bonds. The Labute approximate surface area is 220 Å². The third kappa shape index (κ3) is 7.11. The number of anilines is 1. The van der Waals surface area contributed by atoms with Gasteiger partial charge in [0.05, 0.1) is 24.9 Å². The molecule has 11 heteroatoms. The van der Waals surface area contributed by atoms with E-state index < -0.39 is 11.8 Å². The molecule has 3 aromatic rings. The predicted octanol–water partition coefficient (Wildman–Crippen LogP) is 5.44. The minimum Gasteiger partial charge on any atom is -0.497 e. The van der Waals surface area contributed by atoms with Gasteiger partial charge in [0.15, 0.2) is 11.5 Å². The van der Waals surface area contributed by atoms with Gasteiger partial charge in [0.25, 0.3) is 0 Å². The van der Waals surface area contributed by atoms with E-state index in [9.17, 15) is 9.59 Å². The number of ether oxygens (including phenoxy) is 3. The Balaban J connectivity index is 1.63. The molecule has 0 heterocycles. The smallest absolute Gasteiger partial charge is 0.329 e. The third-order valence-electron chi connectivity index (χ3n) is 4.61. The van der Waals surface area contributed by atoms with Gasteiger partial charge in [0.1, 0.15) is 12.4 Å². The molecule has 3 rings (SSSR count). The average Bonchev–Trinajstić information content (AvgIpc) is 2.84. The van der Waals surface area contributed by atoms with Gasteiger partial charge >= 0.3 is 11.8 Å². The van der Waals surface area contributed by atoms with Gasteiger partial charge in [-0.3, -0.25) is 9.59 Å². The summed E-state index contributed by atoms with van der Waals surface area (Å²) in [5.74, 6) is -0.327. The summed E-state index contributed by atoms with van der Waals surface area (Å²) in [7, 11) is 3.02. The normalized spacial score (nSPS) is 10.7. The quantitative estimate of drug-likeness (QED) is 0.210. The van der Waals surface area contributed by atoms with Crippen LogP contribution in [0.15, 0.2) is 64.2 Å². The molecule has 0 aliphatic carbocycles. The van der Waals surface area contributed by atoms with Crippen LogP contribution in [0, 0.1) is 0 Å². The summed E-state index contributed by atoms with van der Waals surface area (Å²) < 4.78 is 16.9. The molecule has 0 saturated carbocycles. The van der Waals surface area contributed by atoms with Gasteiger partial charge in [-0.25, -0.2) is 5.43 Å². The second-order valence-electron chi connectivity index (χ2n) is 6.90. The molecule has 0 radical (unpaired) electrons. The van der Waals surface area contributed by atoms with E-state index >= 15 is 0 Å². The van der Waals surface area contributed by atoms with Gasteiger partial charge in [0.2, 0.25) is 0 Å². The van der Waals surface area contributed by atoms with Crippen LogP contribution in [0.1, 0.15) is 11.1 Å². The highest BCUT2D eigenvalue weighted by Gasteiger charge is 2.15. The van der Waals surface area contributed by atoms with Crippen molar-refractivity contribution < 1.29 is 23.8 Å². The van der Waals surface area contributed by atoms with Crippen molar-refractivity contribution in [3.63, 3.8) is 0 Å². The van der Waals surface area contributed by atoms with Crippen molar-refractivity contribution in [2.45, 2.75) is 6.61 Å². The number of rotatable bonds is 8. The first kappa shape index (κ1) is 26.3. The predicted molar refractivity (Wildman–Crippen MR) is 139 cm³/mol. The zero-order valence-electron chi connectivity index (χ0n) is 18.6. The molecule has 35 heavy (non-hydrogen) atoms. The van der Waals surface area contributed by atoms with E-state index in [4.69, 9.17) is 37.4 Å². The molecule has 8 nitrogen and oxygen atoms in total. The van der Waals surface area contributed by atoms with Crippen LogP contribution in [0.5, 0.6) is 17.2 Å². The summed E-state index contributed by atoms with van der Waals surface area (Å²) in [4.78, 5) is 24.1. The monoisotopic (exact) mass is 579 g/mol. The largest absolute Gasteiger partial charge is 0.497 e. The summed E-state index contributed by atoms with van der Waals surface area (Å²) >= 11 is 15.9. The summed E-state index contributed by atoms with van der Waals surface area (Å²) in [6.45, 7) is 0.125. The van der Waals surface area contributed by atoms with Crippen LogP contribution in [0.4, 0.5) is 5.69 Å². The average molecular weight is 581 g/mol. The maximum absolute atomic E-state index is 12.1. The highest BCUT2D eigenvalue weighted by Crippen LogP contribution is 2.37. The van der Waals surface area contributed by atoms with Crippen molar-refractivity contribution in [3.05, 3.63) is 80.2 Å². The number of nitrogens with zero attached hydrogens (tertiary/aromatic N) is 1. The minimum absolute atomic E-state index is 0.125. The van der Waals surface area contributed by atoms with Crippen molar-refractivity contribution in [1.29, 1.82) is 0 Å². The Morgan fingerprint density at radius 1 is 1.00 bits per heavy atom. The van der Waals surface area contributed by atoms with E-state index in [2.05, 4.69) is 31.8 Å². The Kier molecular flexibility index (Phi) is 9.36. The lowest BCUT2D eigenvalue weighted by atomic mass is 10.2. The molecule has 0 aliphatic heterocycles. The zero-order valence-corrected chi connectivity index (χ0v) is 21.7. The van der Waals surface area contributed by atoms with Crippen molar-refractivity contribution in [2.24, 2.45) is 5.10 Å². The molecule has 3 aromatic carbocycles. The molecule has 0 fully saturated rings. The first-order chi connectivity index (χ1) is 16.8. The molecular weight excluding hydrogens is 561 g/mol. The highest BCUT2D eigenvalue weighted by atomic mass is 79.9. The molecule has 0 bridgehead atoms. The van der Waals surface area contributed by atoms with E-state index in [1.165, 1.54) is 20.4 Å². The number of halogens is 3. The van der Waals surface area contributed by atoms with Crippen LogP contribution in [-0.2, 0) is 16.2 Å². The van der Waals surface area contributed by atoms with E-state index in [-0.39, 0.29) is 6.61 Å². The summed E-state index contributed by atoms with van der Waals surface area (Å²) in [6, 6.07) is 15.1. The van der Waals surface area contributed by atoms with Crippen molar-refractivity contribution in [2.75, 3.05) is 19.5 Å². The molecule has 0 spiro atoms. The lowest BCUT2D eigenvalue weighted by Crippen LogP contribution is -2.32. The van der Waals surface area contributed by atoms with E-state index in [1.54, 1.807) is 54.6 Å². The molecule has 0 unspecified atom stereocenters. The number of hydrogen-bond acceptors (Lipinski definition) is 6. The SMILES string of the molecule is COc1ccc(NC(=O)C(=O)N/N=C/c2cc(Br)c(OCc3c(Cl)cccc3Cl)c(OC)c2)cc1. The Morgan fingerprint density at radius 3 is 2.31 bits per heavy atom. The lowest BCUT2D eigenvalue weighted by molar-refractivity contribution is -0.136. The Bertz CT molecular complexity index is 1230. The number of benzene rings is 3. The van der Waals surface area contributed by atoms with Crippen LogP contribution in [0.3, 0.4) is 0 Å². The maximum Gasteiger partial charge on any atom is 0.329 e. The fourth-order valence-electron chi connectivity index (χ4n) is 2.85. The summed E-state index contributed by atoms with van der Waals surface area (Å²) in [5.41, 5.74) is 3.84. The summed E-state index contributed by atoms with van der Waals surface area (Å²) in [6.07, 6.45) is 1.36. The summed E-state index contributed by atoms with van der Waals surface area (Å²) in [5, 5.41) is 7.28. The Hall–Kier alpha value is -3.27. The third-order valence-corrected chi connectivity index (χ3v) is 5.91. The van der Waals surface area contributed by atoms with Gasteiger partial charge in [0, 0.05) is 21.3 Å². The minimum atomic E-state index is -0.931. The molecule has 182 valence electrons. The number of methoxy groups -OCH3 is 2. The first-order valence-corrected chi connectivity index (χ1v) is 11.6. The van der Waals surface area contributed by atoms with Gasteiger partial charge in [-0.2, -0.15) is 5.10 Å². The van der Waals surface area contributed by atoms with Crippen LogP contribution in [0.2, 0.25) is 10.0 Å². The maximum atomic E-state index is 12.1. The van der Waals surface area contributed by atoms with Gasteiger partial charge in [-0.05, 0) is 70.0 Å². The van der Waals surface area contributed by atoms with Crippen LogP contribution in [0.25, 0.3) is 0 Å². The topological polar surface area (TPSA) is 98.2 Å². The van der Waals surface area contributed by atoms with E-state index in [0.717, 1.165) is 0 Å². The number of carbonyl (C=O) groups is 2. The molecular formula is C24H20BrCl2N3O5. The molecule has 0 aliphatic rings. The number of nitrogens with one attached hydrogen (secondary N) is 2. The van der Waals surface area contributed by atoms with Crippen molar-refractivity contribution in [3.8, 4) is 17.2 Å². The molecule has 0 saturated heterocycles. The second-order valence-corrected chi connectivity index (χ2v) is 8.57. The van der Waals surface area contributed by atoms with Gasteiger partial charge in [-0.15, -0.1) is 0 Å². The van der Waals surface area contributed by atoms with Gasteiger partial charge < -0.3 is 19.5 Å². The van der Waals surface area contributed by atoms with Crippen LogP contribution in [-0.4, -0.2) is 32.2 Å². The highest BCUT2D eigenvalue weighted by molar-refractivity contribution is 9.10. The molecule has 0 aromatic heterocycles. The number of carbonyl (C=O) groups excluding carboxylic acids is 2. The first-order valence-electron chi connectivity index (χ1n) is 10.0. The number of hydrazone groups is 1. The van der Waals surface area contributed by atoms with Crippen LogP contribution >= 0.6 is 39.1 Å². The fourth-order valence-corrected chi connectivity index (χ4v) is 3.93. The van der Waals surface area contributed by atoms with E-state index in [1.807, 2.05) is 0 Å². The number of amides is 2. The Morgan fingerprint density at radius 2 is 1.69 bits per heavy atom. The lowest BCUT2D eigenvalue weighted by Gasteiger charge is -2.14. The molecule has 0 atom stereocenters. The number of hydrogen-bond donors (Lipinski definition) is 2. The fraction of sp³-hybridized carbons (Fsp3) is 0.125. The zero-order chi connectivity index (χ0) is 25.4. The second kappa shape index (κ2) is 12.4. The molecule has 2 N–H and O–H groups in total. The van der Waals surface area contributed by atoms with Crippen molar-refractivity contribution in [1.82, 2.24) is 5.43 Å². The van der Waals surface area contributed by atoms with Crippen LogP contribution < -0.4 is 25.0 Å². The van der Waals surface area contributed by atoms with E-state index in [0.29, 0.717) is 48.6 Å². The van der Waals surface area contributed by atoms with Gasteiger partial charge in [-0.1, -0.05) is 29.3 Å². The van der Waals surface area contributed by atoms with Crippen molar-refractivity contribution >= 4 is 62.8 Å².